The highest BCUT2D eigenvalue weighted by Gasteiger charge is 2.36. The number of nitrogens with zero attached hydrogens (tertiary/aromatic N) is 3. The van der Waals surface area contributed by atoms with Crippen molar-refractivity contribution in [3.8, 4) is 0 Å². The third-order valence-corrected chi connectivity index (χ3v) is 3.89. The van der Waals surface area contributed by atoms with Crippen molar-refractivity contribution in [1.82, 2.24) is 15.0 Å². The van der Waals surface area contributed by atoms with Crippen LogP contribution in [0.3, 0.4) is 0 Å². The first kappa shape index (κ1) is 20.4. The van der Waals surface area contributed by atoms with Crippen molar-refractivity contribution < 1.29 is 23.0 Å². The number of allylic oxidation sites excluding steroid dienone is 1. The lowest BCUT2D eigenvalue weighted by molar-refractivity contribution is -0.138. The number of aliphatic hydroxyl groups is 1. The molecule has 1 aromatic rings. The van der Waals surface area contributed by atoms with Crippen LogP contribution in [0, 0.1) is 0 Å². The first-order valence-corrected chi connectivity index (χ1v) is 8.43. The number of anilines is 2. The molecule has 1 aliphatic rings. The summed E-state index contributed by atoms with van der Waals surface area (Å²) in [5, 5.41) is 15.1. The minimum atomic E-state index is -4.43. The molecule has 10 heteroatoms. The molecule has 26 heavy (non-hydrogen) atoms. The lowest BCUT2D eigenvalue weighted by Crippen LogP contribution is -2.34. The van der Waals surface area contributed by atoms with Gasteiger partial charge in [-0.1, -0.05) is 0 Å². The van der Waals surface area contributed by atoms with E-state index in [4.69, 9.17) is 4.74 Å². The van der Waals surface area contributed by atoms with Gasteiger partial charge in [0.05, 0.1) is 12.7 Å². The first-order chi connectivity index (χ1) is 12.2. The van der Waals surface area contributed by atoms with Crippen LogP contribution in [-0.2, 0) is 4.74 Å². The van der Waals surface area contributed by atoms with Crippen LogP contribution in [-0.4, -0.2) is 58.1 Å². The standard InChI is InChI=1S/C16H24F3N5O2/c1-9(8-26-3)20-14-22-13(11-5-4-6-12(25)7-11)23-15(24-14)21-10(2)16(17,18)19/h7,9-10,12,25H,4-6,8H2,1-3H3,(H2,20,21,22,23,24)/t9-,10+,12?/m0/s1. The average molecular weight is 375 g/mol. The lowest BCUT2D eigenvalue weighted by atomic mass is 9.97. The van der Waals surface area contributed by atoms with Crippen molar-refractivity contribution in [2.75, 3.05) is 24.4 Å². The van der Waals surface area contributed by atoms with Gasteiger partial charge in [-0.25, -0.2) is 0 Å². The van der Waals surface area contributed by atoms with Crippen LogP contribution in [0.1, 0.15) is 38.9 Å². The predicted octanol–water partition coefficient (Wildman–Crippen LogP) is 2.61. The third-order valence-electron chi connectivity index (χ3n) is 3.89. The van der Waals surface area contributed by atoms with Gasteiger partial charge in [-0.05, 0) is 44.8 Å². The molecule has 0 bridgehead atoms. The number of hydrogen-bond donors (Lipinski definition) is 3. The molecule has 3 atom stereocenters. The summed E-state index contributed by atoms with van der Waals surface area (Å²) in [5.41, 5.74) is 0.691. The van der Waals surface area contributed by atoms with E-state index >= 15 is 0 Å². The molecule has 0 amide bonds. The van der Waals surface area contributed by atoms with Gasteiger partial charge in [-0.2, -0.15) is 28.1 Å². The Labute approximate surface area is 150 Å². The minimum absolute atomic E-state index is 0.144. The summed E-state index contributed by atoms with van der Waals surface area (Å²) in [7, 11) is 1.54. The second-order valence-corrected chi connectivity index (χ2v) is 6.37. The van der Waals surface area contributed by atoms with Crippen molar-refractivity contribution in [1.29, 1.82) is 0 Å². The predicted molar refractivity (Wildman–Crippen MR) is 91.8 cm³/mol. The van der Waals surface area contributed by atoms with Gasteiger partial charge in [0.1, 0.15) is 6.04 Å². The molecule has 0 saturated heterocycles. The molecule has 1 heterocycles. The highest BCUT2D eigenvalue weighted by Crippen LogP contribution is 2.27. The lowest BCUT2D eigenvalue weighted by Gasteiger charge is -2.20. The highest BCUT2D eigenvalue weighted by molar-refractivity contribution is 5.63. The second kappa shape index (κ2) is 8.63. The van der Waals surface area contributed by atoms with E-state index in [2.05, 4.69) is 25.6 Å². The molecule has 0 spiro atoms. The Morgan fingerprint density at radius 2 is 1.88 bits per heavy atom. The average Bonchev–Trinajstić information content (AvgIpc) is 2.54. The van der Waals surface area contributed by atoms with Crippen molar-refractivity contribution in [3.05, 3.63) is 11.9 Å². The van der Waals surface area contributed by atoms with Gasteiger partial charge in [0.15, 0.2) is 5.82 Å². The maximum Gasteiger partial charge on any atom is 0.408 e. The molecular formula is C16H24F3N5O2. The summed E-state index contributed by atoms with van der Waals surface area (Å²) in [5.74, 6) is 0.230. The van der Waals surface area contributed by atoms with Gasteiger partial charge in [-0.3, -0.25) is 0 Å². The van der Waals surface area contributed by atoms with Gasteiger partial charge in [0.2, 0.25) is 11.9 Å². The molecule has 7 nitrogen and oxygen atoms in total. The molecule has 1 unspecified atom stereocenters. The maximum absolute atomic E-state index is 12.8. The van der Waals surface area contributed by atoms with Crippen LogP contribution >= 0.6 is 0 Å². The Morgan fingerprint density at radius 3 is 2.46 bits per heavy atom. The molecular weight excluding hydrogens is 351 g/mol. The van der Waals surface area contributed by atoms with Gasteiger partial charge >= 0.3 is 6.18 Å². The largest absolute Gasteiger partial charge is 0.408 e. The van der Waals surface area contributed by atoms with Crippen molar-refractivity contribution in [3.63, 3.8) is 0 Å². The molecule has 0 aliphatic heterocycles. The van der Waals surface area contributed by atoms with E-state index in [-0.39, 0.29) is 23.8 Å². The van der Waals surface area contributed by atoms with Gasteiger partial charge in [0.25, 0.3) is 0 Å². The van der Waals surface area contributed by atoms with Crippen LogP contribution in [0.25, 0.3) is 5.57 Å². The molecule has 146 valence electrons. The van der Waals surface area contributed by atoms with E-state index in [0.717, 1.165) is 13.3 Å². The zero-order valence-electron chi connectivity index (χ0n) is 15.0. The van der Waals surface area contributed by atoms with Crippen LogP contribution in [0.5, 0.6) is 0 Å². The second-order valence-electron chi connectivity index (χ2n) is 6.37. The zero-order chi connectivity index (χ0) is 19.3. The number of rotatable bonds is 7. The minimum Gasteiger partial charge on any atom is -0.389 e. The SMILES string of the molecule is COC[C@H](C)Nc1nc(N[C@H](C)C(F)(F)F)nc(C2=CC(O)CCC2)n1. The van der Waals surface area contributed by atoms with E-state index in [9.17, 15) is 18.3 Å². The van der Waals surface area contributed by atoms with Crippen LogP contribution in [0.2, 0.25) is 0 Å². The number of aromatic nitrogens is 3. The summed E-state index contributed by atoms with van der Waals surface area (Å²) in [6.07, 6.45) is -1.36. The van der Waals surface area contributed by atoms with E-state index in [0.29, 0.717) is 25.0 Å². The molecule has 0 fully saturated rings. The van der Waals surface area contributed by atoms with Crippen LogP contribution in [0.15, 0.2) is 6.08 Å². The molecule has 2 rings (SSSR count). The Kier molecular flexibility index (Phi) is 6.76. The number of nitrogens with one attached hydrogen (secondary N) is 2. The van der Waals surface area contributed by atoms with E-state index in [1.807, 2.05) is 6.92 Å². The topological polar surface area (TPSA) is 92.2 Å². The highest BCUT2D eigenvalue weighted by atomic mass is 19.4. The number of methoxy groups -OCH3 is 1. The molecule has 1 aliphatic carbocycles. The number of aliphatic hydroxyl groups excluding tert-OH is 1. The summed E-state index contributed by atoms with van der Waals surface area (Å²) in [4.78, 5) is 12.4. The molecule has 1 aromatic heterocycles. The summed E-state index contributed by atoms with van der Waals surface area (Å²) < 4.78 is 43.6. The third kappa shape index (κ3) is 5.80. The maximum atomic E-state index is 12.8. The Bertz CT molecular complexity index is 639. The van der Waals surface area contributed by atoms with Gasteiger partial charge in [-0.15, -0.1) is 0 Å². The zero-order valence-corrected chi connectivity index (χ0v) is 15.0. The number of halogens is 3. The van der Waals surface area contributed by atoms with Crippen LogP contribution < -0.4 is 10.6 Å². The molecule has 3 N–H and O–H groups in total. The molecule has 0 radical (unpaired) electrons. The fraction of sp³-hybridized carbons (Fsp3) is 0.688. The quantitative estimate of drug-likeness (QED) is 0.675. The first-order valence-electron chi connectivity index (χ1n) is 8.43. The Balaban J connectivity index is 2.32. The fourth-order valence-electron chi connectivity index (χ4n) is 2.52. The van der Waals surface area contributed by atoms with Crippen molar-refractivity contribution in [2.24, 2.45) is 0 Å². The van der Waals surface area contributed by atoms with Gasteiger partial charge < -0.3 is 20.5 Å². The number of hydrogen-bond acceptors (Lipinski definition) is 7. The Hall–Kier alpha value is -1.94. The van der Waals surface area contributed by atoms with E-state index in [1.54, 1.807) is 13.2 Å². The van der Waals surface area contributed by atoms with E-state index < -0.39 is 18.3 Å². The van der Waals surface area contributed by atoms with Gasteiger partial charge in [0, 0.05) is 13.2 Å². The molecule has 0 aromatic carbocycles. The number of alkyl halides is 3. The van der Waals surface area contributed by atoms with E-state index in [1.165, 1.54) is 0 Å². The van der Waals surface area contributed by atoms with Crippen molar-refractivity contribution in [2.45, 2.75) is 57.5 Å². The normalized spacial score (nSPS) is 20.3. The van der Waals surface area contributed by atoms with Crippen LogP contribution in [0.4, 0.5) is 25.1 Å². The monoisotopic (exact) mass is 375 g/mol. The summed E-state index contributed by atoms with van der Waals surface area (Å²) >= 11 is 0. The Morgan fingerprint density at radius 1 is 1.23 bits per heavy atom. The number of ether oxygens (including phenoxy) is 1. The molecule has 0 saturated carbocycles. The fourth-order valence-corrected chi connectivity index (χ4v) is 2.52. The van der Waals surface area contributed by atoms with Crippen molar-refractivity contribution >= 4 is 17.5 Å². The summed E-state index contributed by atoms with van der Waals surface area (Å²) in [6, 6.07) is -1.96. The summed E-state index contributed by atoms with van der Waals surface area (Å²) in [6.45, 7) is 3.21. The smallest absolute Gasteiger partial charge is 0.389 e.